The van der Waals surface area contributed by atoms with Crippen molar-refractivity contribution in [1.29, 1.82) is 0 Å². The lowest BCUT2D eigenvalue weighted by Gasteiger charge is -2.20. The van der Waals surface area contributed by atoms with Gasteiger partial charge in [0.1, 0.15) is 5.78 Å². The van der Waals surface area contributed by atoms with Crippen molar-refractivity contribution in [3.63, 3.8) is 0 Å². The molecule has 0 atom stereocenters. The molecule has 0 aromatic rings. The Kier molecular flexibility index (Phi) is 4.47. The standard InChI is InChI=1S/C12H21O/c1-10(2)8-9-12(13)11-6-4-3-5-7-11/h11H,3-9H2,1-2H3. The Morgan fingerprint density at radius 1 is 1.08 bits per heavy atom. The van der Waals surface area contributed by atoms with Gasteiger partial charge in [-0.1, -0.05) is 33.1 Å². The molecule has 0 amide bonds. The van der Waals surface area contributed by atoms with Gasteiger partial charge in [-0.25, -0.2) is 0 Å². The summed E-state index contributed by atoms with van der Waals surface area (Å²) in [5, 5.41) is 0. The molecular weight excluding hydrogens is 160 g/mol. The van der Waals surface area contributed by atoms with Gasteiger partial charge in [-0.3, -0.25) is 4.79 Å². The maximum atomic E-state index is 11.7. The van der Waals surface area contributed by atoms with Gasteiger partial charge in [0.05, 0.1) is 0 Å². The summed E-state index contributed by atoms with van der Waals surface area (Å²) >= 11 is 0. The minimum atomic E-state index is 0.410. The van der Waals surface area contributed by atoms with Crippen LogP contribution in [0.3, 0.4) is 0 Å². The Balaban J connectivity index is 2.21. The van der Waals surface area contributed by atoms with Gasteiger partial charge in [-0.05, 0) is 25.2 Å². The van der Waals surface area contributed by atoms with Crippen LogP contribution < -0.4 is 0 Å². The minimum absolute atomic E-state index is 0.410. The molecule has 0 aliphatic heterocycles. The summed E-state index contributed by atoms with van der Waals surface area (Å²) < 4.78 is 0. The number of carbonyl (C=O) groups excluding carboxylic acids is 1. The van der Waals surface area contributed by atoms with Gasteiger partial charge in [0, 0.05) is 12.3 Å². The lowest BCUT2D eigenvalue weighted by atomic mass is 9.84. The second-order valence-corrected chi connectivity index (χ2v) is 4.51. The van der Waals surface area contributed by atoms with Crippen molar-refractivity contribution in [2.75, 3.05) is 0 Å². The molecule has 1 aliphatic carbocycles. The van der Waals surface area contributed by atoms with E-state index in [-0.39, 0.29) is 0 Å². The van der Waals surface area contributed by atoms with Gasteiger partial charge in [0.15, 0.2) is 0 Å². The van der Waals surface area contributed by atoms with Gasteiger partial charge < -0.3 is 0 Å². The SMILES string of the molecule is C[C](C)CCC(=O)C1CCCCC1. The first-order valence-corrected chi connectivity index (χ1v) is 5.52. The molecule has 0 heterocycles. The van der Waals surface area contributed by atoms with Crippen LogP contribution in [0.15, 0.2) is 0 Å². The first kappa shape index (κ1) is 10.7. The Bertz CT molecular complexity index is 155. The zero-order valence-corrected chi connectivity index (χ0v) is 8.94. The summed E-state index contributed by atoms with van der Waals surface area (Å²) in [7, 11) is 0. The first-order chi connectivity index (χ1) is 6.20. The summed E-state index contributed by atoms with van der Waals surface area (Å²) in [6.07, 6.45) is 7.96. The molecule has 1 heteroatoms. The topological polar surface area (TPSA) is 17.1 Å². The van der Waals surface area contributed by atoms with Gasteiger partial charge in [-0.2, -0.15) is 0 Å². The molecule has 1 aliphatic rings. The smallest absolute Gasteiger partial charge is 0.135 e. The van der Waals surface area contributed by atoms with E-state index in [2.05, 4.69) is 13.8 Å². The maximum absolute atomic E-state index is 11.7. The third kappa shape index (κ3) is 3.93. The average molecular weight is 181 g/mol. The maximum Gasteiger partial charge on any atom is 0.135 e. The molecule has 1 fully saturated rings. The Labute approximate surface area is 81.9 Å². The van der Waals surface area contributed by atoms with Crippen LogP contribution in [0, 0.1) is 11.8 Å². The van der Waals surface area contributed by atoms with Gasteiger partial charge in [0.2, 0.25) is 0 Å². The molecule has 1 rings (SSSR count). The van der Waals surface area contributed by atoms with E-state index in [9.17, 15) is 4.79 Å². The van der Waals surface area contributed by atoms with Crippen molar-refractivity contribution in [1.82, 2.24) is 0 Å². The first-order valence-electron chi connectivity index (χ1n) is 5.52. The summed E-state index contributed by atoms with van der Waals surface area (Å²) in [5.41, 5.74) is 0. The largest absolute Gasteiger partial charge is 0.299 e. The number of rotatable bonds is 4. The van der Waals surface area contributed by atoms with Crippen LogP contribution in [0.25, 0.3) is 0 Å². The van der Waals surface area contributed by atoms with E-state index in [1.165, 1.54) is 25.2 Å². The average Bonchev–Trinajstić information content (AvgIpc) is 2.15. The zero-order chi connectivity index (χ0) is 9.68. The highest BCUT2D eigenvalue weighted by molar-refractivity contribution is 5.81. The number of Topliss-reactive ketones (excluding diaryl/α,β-unsaturated/α-hetero) is 1. The molecule has 13 heavy (non-hydrogen) atoms. The molecule has 0 saturated heterocycles. The second kappa shape index (κ2) is 5.41. The second-order valence-electron chi connectivity index (χ2n) is 4.51. The summed E-state index contributed by atoms with van der Waals surface area (Å²) in [5.74, 6) is 2.30. The van der Waals surface area contributed by atoms with Crippen LogP contribution in [0.2, 0.25) is 0 Å². The third-order valence-electron chi connectivity index (χ3n) is 2.93. The third-order valence-corrected chi connectivity index (χ3v) is 2.93. The molecule has 0 aromatic heterocycles. The predicted molar refractivity (Wildman–Crippen MR) is 55.4 cm³/mol. The van der Waals surface area contributed by atoms with Crippen LogP contribution in [0.4, 0.5) is 0 Å². The summed E-state index contributed by atoms with van der Waals surface area (Å²) in [6, 6.07) is 0. The van der Waals surface area contributed by atoms with E-state index >= 15 is 0 Å². The van der Waals surface area contributed by atoms with Gasteiger partial charge in [0.25, 0.3) is 0 Å². The molecule has 75 valence electrons. The molecule has 0 unspecified atom stereocenters. The van der Waals surface area contributed by atoms with Crippen molar-refractivity contribution in [2.24, 2.45) is 5.92 Å². The fourth-order valence-electron chi connectivity index (χ4n) is 2.00. The summed E-state index contributed by atoms with van der Waals surface area (Å²) in [4.78, 5) is 11.7. The van der Waals surface area contributed by atoms with Crippen LogP contribution >= 0.6 is 0 Å². The van der Waals surface area contributed by atoms with E-state index in [1.54, 1.807) is 0 Å². The molecule has 1 radical (unpaired) electrons. The van der Waals surface area contributed by atoms with Crippen molar-refractivity contribution in [3.05, 3.63) is 5.92 Å². The van der Waals surface area contributed by atoms with Crippen molar-refractivity contribution in [2.45, 2.75) is 58.8 Å². The molecule has 1 saturated carbocycles. The number of hydrogen-bond donors (Lipinski definition) is 0. The van der Waals surface area contributed by atoms with E-state index in [0.29, 0.717) is 11.7 Å². The lowest BCUT2D eigenvalue weighted by molar-refractivity contribution is -0.123. The minimum Gasteiger partial charge on any atom is -0.299 e. The number of hydrogen-bond acceptors (Lipinski definition) is 1. The number of ketones is 1. The van der Waals surface area contributed by atoms with E-state index in [0.717, 1.165) is 25.7 Å². The van der Waals surface area contributed by atoms with Crippen LogP contribution in [0.1, 0.15) is 58.8 Å². The van der Waals surface area contributed by atoms with Gasteiger partial charge in [-0.15, -0.1) is 0 Å². The summed E-state index contributed by atoms with van der Waals surface area (Å²) in [6.45, 7) is 4.21. The number of carbonyl (C=O) groups is 1. The van der Waals surface area contributed by atoms with Crippen molar-refractivity contribution >= 4 is 5.78 Å². The van der Waals surface area contributed by atoms with Crippen molar-refractivity contribution < 1.29 is 4.79 Å². The highest BCUT2D eigenvalue weighted by Crippen LogP contribution is 2.26. The Morgan fingerprint density at radius 3 is 2.23 bits per heavy atom. The molecular formula is C12H21O. The highest BCUT2D eigenvalue weighted by Gasteiger charge is 2.20. The highest BCUT2D eigenvalue weighted by atomic mass is 16.1. The normalized spacial score (nSPS) is 19.3. The molecule has 0 N–H and O–H groups in total. The van der Waals surface area contributed by atoms with Gasteiger partial charge >= 0.3 is 0 Å². The monoisotopic (exact) mass is 181 g/mol. The fourth-order valence-corrected chi connectivity index (χ4v) is 2.00. The Morgan fingerprint density at radius 2 is 1.69 bits per heavy atom. The Hall–Kier alpha value is -0.330. The van der Waals surface area contributed by atoms with E-state index in [1.807, 2.05) is 0 Å². The van der Waals surface area contributed by atoms with E-state index < -0.39 is 0 Å². The van der Waals surface area contributed by atoms with Crippen LogP contribution in [0.5, 0.6) is 0 Å². The zero-order valence-electron chi connectivity index (χ0n) is 8.94. The quantitative estimate of drug-likeness (QED) is 0.648. The molecule has 1 nitrogen and oxygen atoms in total. The van der Waals surface area contributed by atoms with E-state index in [4.69, 9.17) is 0 Å². The molecule has 0 bridgehead atoms. The fraction of sp³-hybridized carbons (Fsp3) is 0.833. The van der Waals surface area contributed by atoms with Crippen molar-refractivity contribution in [3.8, 4) is 0 Å². The van der Waals surface area contributed by atoms with Crippen LogP contribution in [-0.2, 0) is 4.79 Å². The molecule has 0 aromatic carbocycles. The lowest BCUT2D eigenvalue weighted by Crippen LogP contribution is -2.17. The molecule has 0 spiro atoms. The van der Waals surface area contributed by atoms with Crippen LogP contribution in [-0.4, -0.2) is 5.78 Å². The predicted octanol–water partition coefficient (Wildman–Crippen LogP) is 3.53.